The van der Waals surface area contributed by atoms with E-state index in [0.717, 1.165) is 13.0 Å². The molecule has 0 saturated heterocycles. The summed E-state index contributed by atoms with van der Waals surface area (Å²) in [6.45, 7) is 2.80. The Morgan fingerprint density at radius 1 is 1.52 bits per heavy atom. The van der Waals surface area contributed by atoms with Crippen LogP contribution in [-0.2, 0) is 0 Å². The maximum atomic E-state index is 13.2. The summed E-state index contributed by atoms with van der Waals surface area (Å²) >= 11 is 1.20. The highest BCUT2D eigenvalue weighted by atomic mass is 32.1. The van der Waals surface area contributed by atoms with Crippen LogP contribution in [-0.4, -0.2) is 24.5 Å². The van der Waals surface area contributed by atoms with Crippen molar-refractivity contribution in [1.82, 2.24) is 4.98 Å². The second kappa shape index (κ2) is 6.53. The van der Waals surface area contributed by atoms with Crippen molar-refractivity contribution >= 4 is 33.9 Å². The number of nitrogens with one attached hydrogen (secondary N) is 1. The van der Waals surface area contributed by atoms with Crippen molar-refractivity contribution in [2.24, 2.45) is 0 Å². The molecule has 1 aromatic carbocycles. The van der Waals surface area contributed by atoms with Crippen molar-refractivity contribution in [3.63, 3.8) is 0 Å². The highest BCUT2D eigenvalue weighted by molar-refractivity contribution is 7.18. The van der Waals surface area contributed by atoms with Crippen LogP contribution in [0.1, 0.15) is 23.0 Å². The Morgan fingerprint density at radius 3 is 2.95 bits per heavy atom. The van der Waals surface area contributed by atoms with Crippen molar-refractivity contribution in [2.75, 3.05) is 29.5 Å². The van der Waals surface area contributed by atoms with Crippen molar-refractivity contribution in [2.45, 2.75) is 13.3 Å². The van der Waals surface area contributed by atoms with Crippen LogP contribution in [0.3, 0.4) is 0 Å². The molecule has 0 fully saturated rings. The Bertz CT molecular complexity index is 644. The maximum absolute atomic E-state index is 13.2. The number of benzene rings is 1. The average molecular weight is 308 g/mol. The third kappa shape index (κ3) is 3.49. The molecular weight excluding hydrogens is 291 g/mol. The van der Waals surface area contributed by atoms with E-state index in [-0.39, 0.29) is 11.7 Å². The normalized spacial score (nSPS) is 10.4. The number of nitrogens with zero attached hydrogens (tertiary/aromatic N) is 2. The number of amides is 1. The molecular formula is C14H17FN4OS. The molecule has 21 heavy (non-hydrogen) atoms. The van der Waals surface area contributed by atoms with Crippen LogP contribution in [0.15, 0.2) is 24.3 Å². The van der Waals surface area contributed by atoms with Crippen molar-refractivity contribution < 1.29 is 9.18 Å². The lowest BCUT2D eigenvalue weighted by molar-refractivity contribution is 0.0997. The zero-order valence-electron chi connectivity index (χ0n) is 11.9. The second-order valence-corrected chi connectivity index (χ2v) is 5.50. The van der Waals surface area contributed by atoms with E-state index in [1.165, 1.54) is 28.4 Å². The number of hydrogen-bond donors (Lipinski definition) is 2. The van der Waals surface area contributed by atoms with Crippen molar-refractivity contribution in [3.8, 4) is 0 Å². The van der Waals surface area contributed by atoms with Gasteiger partial charge in [0.2, 0.25) is 0 Å². The van der Waals surface area contributed by atoms with Crippen molar-refractivity contribution in [3.05, 3.63) is 35.0 Å². The molecule has 2 rings (SSSR count). The summed E-state index contributed by atoms with van der Waals surface area (Å²) < 4.78 is 13.2. The minimum atomic E-state index is -0.394. The third-order valence-electron chi connectivity index (χ3n) is 2.87. The van der Waals surface area contributed by atoms with E-state index in [0.29, 0.717) is 15.7 Å². The van der Waals surface area contributed by atoms with Crippen LogP contribution in [0.25, 0.3) is 0 Å². The largest absolute Gasteiger partial charge is 0.382 e. The number of thiazole rings is 1. The molecule has 0 aliphatic carbocycles. The summed E-state index contributed by atoms with van der Waals surface area (Å²) in [5.41, 5.74) is 6.27. The van der Waals surface area contributed by atoms with Gasteiger partial charge in [0.25, 0.3) is 5.91 Å². The van der Waals surface area contributed by atoms with Crippen LogP contribution in [0, 0.1) is 5.82 Å². The Kier molecular flexibility index (Phi) is 4.74. The zero-order valence-corrected chi connectivity index (χ0v) is 12.7. The maximum Gasteiger partial charge on any atom is 0.272 e. The van der Waals surface area contributed by atoms with Crippen molar-refractivity contribution in [1.29, 1.82) is 0 Å². The van der Waals surface area contributed by atoms with E-state index < -0.39 is 5.82 Å². The van der Waals surface area contributed by atoms with E-state index in [1.54, 1.807) is 19.2 Å². The molecule has 1 heterocycles. The number of carbonyl (C=O) groups excluding carboxylic acids is 1. The van der Waals surface area contributed by atoms with Gasteiger partial charge in [0.05, 0.1) is 0 Å². The Morgan fingerprint density at radius 2 is 2.29 bits per heavy atom. The van der Waals surface area contributed by atoms with Gasteiger partial charge in [-0.05, 0) is 24.6 Å². The van der Waals surface area contributed by atoms with Gasteiger partial charge in [-0.1, -0.05) is 24.3 Å². The number of aromatic nitrogens is 1. The molecule has 0 radical (unpaired) electrons. The first kappa shape index (κ1) is 15.2. The van der Waals surface area contributed by atoms with E-state index in [4.69, 9.17) is 5.73 Å². The van der Waals surface area contributed by atoms with Crippen LogP contribution in [0.5, 0.6) is 0 Å². The molecule has 0 spiro atoms. The van der Waals surface area contributed by atoms with Gasteiger partial charge in [0.1, 0.15) is 16.5 Å². The lowest BCUT2D eigenvalue weighted by atomic mass is 10.3. The molecule has 1 aromatic heterocycles. The van der Waals surface area contributed by atoms with E-state index in [2.05, 4.69) is 10.3 Å². The SMILES string of the molecule is CCCNc1nc(N)c(C(=O)N(C)c2cccc(F)c2)s1. The van der Waals surface area contributed by atoms with Gasteiger partial charge in [-0.2, -0.15) is 0 Å². The minimum Gasteiger partial charge on any atom is -0.382 e. The molecule has 112 valence electrons. The molecule has 1 amide bonds. The molecule has 0 saturated carbocycles. The van der Waals surface area contributed by atoms with Crippen LogP contribution in [0.4, 0.5) is 21.0 Å². The first-order chi connectivity index (χ1) is 10.0. The van der Waals surface area contributed by atoms with Crippen LogP contribution < -0.4 is 16.0 Å². The monoisotopic (exact) mass is 308 g/mol. The zero-order chi connectivity index (χ0) is 15.4. The van der Waals surface area contributed by atoms with Gasteiger partial charge < -0.3 is 16.0 Å². The van der Waals surface area contributed by atoms with Crippen LogP contribution in [0.2, 0.25) is 0 Å². The fourth-order valence-corrected chi connectivity index (χ4v) is 2.63. The average Bonchev–Trinajstić information content (AvgIpc) is 2.84. The van der Waals surface area contributed by atoms with E-state index in [9.17, 15) is 9.18 Å². The standard InChI is InChI=1S/C14H17FN4OS/c1-3-7-17-14-18-12(16)11(21-14)13(20)19(2)10-6-4-5-9(15)8-10/h4-6,8H,3,7,16H2,1-2H3,(H,17,18). The Hall–Kier alpha value is -2.15. The molecule has 3 N–H and O–H groups in total. The van der Waals surface area contributed by atoms with Gasteiger partial charge in [0.15, 0.2) is 5.13 Å². The summed E-state index contributed by atoms with van der Waals surface area (Å²) in [6.07, 6.45) is 0.950. The number of carbonyl (C=O) groups is 1. The van der Waals surface area contributed by atoms with Gasteiger partial charge in [-0.3, -0.25) is 4.79 Å². The molecule has 0 aliphatic rings. The number of anilines is 3. The number of rotatable bonds is 5. The summed E-state index contributed by atoms with van der Waals surface area (Å²) in [5.74, 6) is -0.512. The quantitative estimate of drug-likeness (QED) is 0.891. The Balaban J connectivity index is 2.21. The third-order valence-corrected chi connectivity index (χ3v) is 3.89. The lowest BCUT2D eigenvalue weighted by Gasteiger charge is -2.16. The highest BCUT2D eigenvalue weighted by Crippen LogP contribution is 2.27. The smallest absolute Gasteiger partial charge is 0.272 e. The fourth-order valence-electron chi connectivity index (χ4n) is 1.75. The molecule has 0 unspecified atom stereocenters. The molecule has 2 aromatic rings. The van der Waals surface area contributed by atoms with Gasteiger partial charge >= 0.3 is 0 Å². The Labute approximate surface area is 126 Å². The summed E-state index contributed by atoms with van der Waals surface area (Å²) in [5, 5.41) is 3.71. The topological polar surface area (TPSA) is 71.2 Å². The van der Waals surface area contributed by atoms with Gasteiger partial charge in [0, 0.05) is 19.3 Å². The first-order valence-corrected chi connectivity index (χ1v) is 7.38. The molecule has 0 bridgehead atoms. The number of nitrogens with two attached hydrogens (primary N) is 1. The molecule has 7 heteroatoms. The second-order valence-electron chi connectivity index (χ2n) is 4.50. The number of nitrogen functional groups attached to an aromatic ring is 1. The first-order valence-electron chi connectivity index (χ1n) is 6.56. The summed E-state index contributed by atoms with van der Waals surface area (Å²) in [4.78, 5) is 18.3. The predicted octanol–water partition coefficient (Wildman–Crippen LogP) is 2.96. The highest BCUT2D eigenvalue weighted by Gasteiger charge is 2.21. The fraction of sp³-hybridized carbons (Fsp3) is 0.286. The summed E-state index contributed by atoms with van der Waals surface area (Å²) in [7, 11) is 1.58. The number of hydrogen-bond acceptors (Lipinski definition) is 5. The van der Waals surface area contributed by atoms with Gasteiger partial charge in [-0.25, -0.2) is 9.37 Å². The molecule has 0 atom stereocenters. The van der Waals surface area contributed by atoms with Crippen LogP contribution >= 0.6 is 11.3 Å². The summed E-state index contributed by atoms with van der Waals surface area (Å²) in [6, 6.07) is 5.84. The molecule has 0 aliphatic heterocycles. The number of halogens is 1. The minimum absolute atomic E-state index is 0.187. The van der Waals surface area contributed by atoms with Gasteiger partial charge in [-0.15, -0.1) is 0 Å². The predicted molar refractivity (Wildman–Crippen MR) is 84.4 cm³/mol. The molecule has 5 nitrogen and oxygen atoms in total. The van der Waals surface area contributed by atoms with E-state index >= 15 is 0 Å². The lowest BCUT2D eigenvalue weighted by Crippen LogP contribution is -2.26. The van der Waals surface area contributed by atoms with E-state index in [1.807, 2.05) is 6.92 Å².